The Bertz CT molecular complexity index is 1220. The monoisotopic (exact) mass is 551 g/mol. The van der Waals surface area contributed by atoms with E-state index >= 15 is 0 Å². The predicted octanol–water partition coefficient (Wildman–Crippen LogP) is 4.21. The molecule has 0 aliphatic carbocycles. The van der Waals surface area contributed by atoms with Crippen LogP contribution in [0.2, 0.25) is 0 Å². The highest BCUT2D eigenvalue weighted by atomic mass is 16.3. The molecule has 3 rings (SSSR count). The molecule has 1 aromatic rings. The lowest BCUT2D eigenvalue weighted by atomic mass is 10.1. The molecule has 5 unspecified atom stereocenters. The van der Waals surface area contributed by atoms with Crippen LogP contribution in [-0.2, 0) is 9.59 Å². The van der Waals surface area contributed by atoms with Crippen LogP contribution in [0.1, 0.15) is 59.6 Å². The zero-order valence-electron chi connectivity index (χ0n) is 25.3. The number of likely N-dealkylation sites (N-methyl/N-ethyl adjacent to an activating group) is 2. The smallest absolute Gasteiger partial charge is 0.251 e. The summed E-state index contributed by atoms with van der Waals surface area (Å²) in [7, 11) is 4.26. The zero-order valence-corrected chi connectivity index (χ0v) is 25.3. The van der Waals surface area contributed by atoms with Crippen LogP contribution < -0.4 is 16.0 Å². The van der Waals surface area contributed by atoms with Crippen molar-refractivity contribution in [1.29, 1.82) is 0 Å². The first-order valence-corrected chi connectivity index (χ1v) is 14.3. The molecule has 5 atom stereocenters. The first-order valence-electron chi connectivity index (χ1n) is 14.3. The molecular formula is C31H47N6O3+. The summed E-state index contributed by atoms with van der Waals surface area (Å²) >= 11 is 0. The van der Waals surface area contributed by atoms with E-state index in [0.29, 0.717) is 35.1 Å². The average Bonchev–Trinajstić information content (AvgIpc) is 3.25. The first-order chi connectivity index (χ1) is 18.9. The van der Waals surface area contributed by atoms with Gasteiger partial charge in [0.25, 0.3) is 5.91 Å². The molecule has 3 heterocycles. The van der Waals surface area contributed by atoms with Crippen LogP contribution >= 0.6 is 0 Å². The van der Waals surface area contributed by atoms with Crippen molar-refractivity contribution in [2.45, 2.75) is 85.2 Å². The molecular weight excluding hydrogens is 504 g/mol. The number of hydrogen-bond donors (Lipinski definition) is 4. The third-order valence-electron chi connectivity index (χ3n) is 8.23. The van der Waals surface area contributed by atoms with Gasteiger partial charge >= 0.3 is 0 Å². The summed E-state index contributed by atoms with van der Waals surface area (Å²) in [6.45, 7) is 12.6. The number of quaternary nitrogens is 1. The lowest BCUT2D eigenvalue weighted by Gasteiger charge is -2.43. The van der Waals surface area contributed by atoms with Gasteiger partial charge < -0.3 is 30.4 Å². The lowest BCUT2D eigenvalue weighted by Crippen LogP contribution is -2.56. The number of allylic oxidation sites excluding steroid dienone is 1. The quantitative estimate of drug-likeness (QED) is 0.257. The van der Waals surface area contributed by atoms with Gasteiger partial charge in [-0.15, -0.1) is 0 Å². The Morgan fingerprint density at radius 3 is 2.65 bits per heavy atom. The number of aliphatic hydroxyl groups is 1. The van der Waals surface area contributed by atoms with Gasteiger partial charge in [0.1, 0.15) is 18.2 Å². The second-order valence-corrected chi connectivity index (χ2v) is 11.2. The fourth-order valence-corrected chi connectivity index (χ4v) is 5.35. The summed E-state index contributed by atoms with van der Waals surface area (Å²) in [5.41, 5.74) is 4.63. The van der Waals surface area contributed by atoms with E-state index in [-0.39, 0.29) is 24.0 Å². The number of carbonyl (C=O) groups is 2. The fraction of sp³-hybridized carbons (Fsp3) is 0.516. The van der Waals surface area contributed by atoms with Gasteiger partial charge in [-0.05, 0) is 45.9 Å². The summed E-state index contributed by atoms with van der Waals surface area (Å²) < 4.78 is 0.826. The third-order valence-corrected chi connectivity index (χ3v) is 8.23. The number of rotatable bonds is 10. The summed E-state index contributed by atoms with van der Waals surface area (Å²) in [5.74, 6) is -0.284. The molecule has 218 valence electrons. The highest BCUT2D eigenvalue weighted by molar-refractivity contribution is 6.04. The van der Waals surface area contributed by atoms with E-state index in [1.807, 2.05) is 31.9 Å². The number of aryl methyl sites for hydroxylation is 1. The van der Waals surface area contributed by atoms with E-state index in [9.17, 15) is 14.7 Å². The number of carbonyl (C=O) groups excluding carboxylic acids is 2. The van der Waals surface area contributed by atoms with Crippen molar-refractivity contribution in [3.63, 3.8) is 0 Å². The standard InChI is InChI=1S/C31H46N6O3/c1-9-26-14-13-24(28-19-36(7)30(34-28)23(6)38)16-21(4)37(26,8)15-11-12-20(3)31(40)35-27-17-25(18-32-22(27)5)33-29(39)10-2/h12-14,16-19,21,23,26,30,34,38H,9-11,15H2,1-8H3,(H-,33,35,39,40)/p+1. The van der Waals surface area contributed by atoms with E-state index in [2.05, 4.69) is 66.3 Å². The van der Waals surface area contributed by atoms with E-state index in [1.165, 1.54) is 0 Å². The van der Waals surface area contributed by atoms with Gasteiger partial charge in [-0.3, -0.25) is 14.6 Å². The van der Waals surface area contributed by atoms with Gasteiger partial charge in [0.15, 0.2) is 0 Å². The largest absolute Gasteiger partial charge is 0.389 e. The average molecular weight is 552 g/mol. The summed E-state index contributed by atoms with van der Waals surface area (Å²) in [5, 5.41) is 19.3. The molecule has 2 aliphatic heterocycles. The molecule has 0 radical (unpaired) electrons. The Morgan fingerprint density at radius 1 is 1.30 bits per heavy atom. The number of aliphatic hydroxyl groups excluding tert-OH is 1. The second kappa shape index (κ2) is 13.3. The topological polar surface area (TPSA) is 107 Å². The van der Waals surface area contributed by atoms with Gasteiger partial charge in [0.2, 0.25) is 5.91 Å². The van der Waals surface area contributed by atoms with Gasteiger partial charge in [0, 0.05) is 43.7 Å². The van der Waals surface area contributed by atoms with Crippen LogP contribution in [0.5, 0.6) is 0 Å². The van der Waals surface area contributed by atoms with Crippen LogP contribution in [0.4, 0.5) is 11.4 Å². The second-order valence-electron chi connectivity index (χ2n) is 11.2. The van der Waals surface area contributed by atoms with Gasteiger partial charge in [0.05, 0.1) is 48.7 Å². The molecule has 40 heavy (non-hydrogen) atoms. The molecule has 0 bridgehead atoms. The number of anilines is 2. The van der Waals surface area contributed by atoms with Crippen molar-refractivity contribution in [3.8, 4) is 0 Å². The molecule has 4 N–H and O–H groups in total. The Labute approximate surface area is 239 Å². The molecule has 0 spiro atoms. The van der Waals surface area contributed by atoms with Crippen LogP contribution in [-0.4, -0.2) is 76.3 Å². The number of hydrogen-bond acceptors (Lipinski definition) is 6. The van der Waals surface area contributed by atoms with Crippen LogP contribution in [0.3, 0.4) is 0 Å². The molecule has 2 amide bonds. The number of aromatic nitrogens is 1. The lowest BCUT2D eigenvalue weighted by molar-refractivity contribution is -0.942. The molecule has 9 nitrogen and oxygen atoms in total. The molecule has 0 saturated carbocycles. The zero-order chi connectivity index (χ0) is 29.6. The molecule has 0 saturated heterocycles. The minimum Gasteiger partial charge on any atom is -0.389 e. The van der Waals surface area contributed by atoms with Crippen molar-refractivity contribution in [1.82, 2.24) is 15.2 Å². The third kappa shape index (κ3) is 7.20. The van der Waals surface area contributed by atoms with Gasteiger partial charge in [-0.25, -0.2) is 0 Å². The highest BCUT2D eigenvalue weighted by Gasteiger charge is 2.36. The minimum atomic E-state index is -0.491. The van der Waals surface area contributed by atoms with Crippen molar-refractivity contribution < 1.29 is 19.2 Å². The first kappa shape index (κ1) is 31.1. The maximum absolute atomic E-state index is 13.0. The Morgan fingerprint density at radius 2 is 2.02 bits per heavy atom. The van der Waals surface area contributed by atoms with Crippen LogP contribution in [0, 0.1) is 6.92 Å². The number of nitrogens with zero attached hydrogens (tertiary/aromatic N) is 3. The van der Waals surface area contributed by atoms with E-state index in [4.69, 9.17) is 0 Å². The van der Waals surface area contributed by atoms with E-state index in [1.54, 1.807) is 26.1 Å². The minimum absolute atomic E-state index is 0.104. The normalized spacial score (nSPS) is 25.5. The van der Waals surface area contributed by atoms with Gasteiger partial charge in [-0.1, -0.05) is 26.0 Å². The molecule has 9 heteroatoms. The highest BCUT2D eigenvalue weighted by Crippen LogP contribution is 2.30. The van der Waals surface area contributed by atoms with E-state index in [0.717, 1.165) is 35.1 Å². The molecule has 1 aromatic heterocycles. The number of amides is 2. The summed E-state index contributed by atoms with van der Waals surface area (Å²) in [6, 6.07) is 2.31. The SMILES string of the molecule is CCC(=O)Nc1cnc(C)c(NC(=O)C(C)=CCC[N+]2(C)C(C)C=C(C3=CN(C)C(C(C)O)N3)C=CC2CC)c1. The predicted molar refractivity (Wildman–Crippen MR) is 161 cm³/mol. The maximum atomic E-state index is 13.0. The number of nitrogens with one attached hydrogen (secondary N) is 3. The van der Waals surface area contributed by atoms with Crippen molar-refractivity contribution in [2.75, 3.05) is 31.3 Å². The molecule has 0 aromatic carbocycles. The molecule has 2 aliphatic rings. The van der Waals surface area contributed by atoms with Crippen molar-refractivity contribution in [2.24, 2.45) is 0 Å². The molecule has 0 fully saturated rings. The Hall–Kier alpha value is -3.43. The Kier molecular flexibility index (Phi) is 10.3. The Balaban J connectivity index is 1.70. The van der Waals surface area contributed by atoms with E-state index < -0.39 is 6.10 Å². The van der Waals surface area contributed by atoms with Gasteiger partial charge in [-0.2, -0.15) is 0 Å². The van der Waals surface area contributed by atoms with Crippen molar-refractivity contribution >= 4 is 23.2 Å². The fourth-order valence-electron chi connectivity index (χ4n) is 5.35. The van der Waals surface area contributed by atoms with Crippen LogP contribution in [0.25, 0.3) is 0 Å². The van der Waals surface area contributed by atoms with Crippen molar-refractivity contribution in [3.05, 3.63) is 65.3 Å². The summed E-state index contributed by atoms with van der Waals surface area (Å²) in [6.07, 6.45) is 14.0. The summed E-state index contributed by atoms with van der Waals surface area (Å²) in [4.78, 5) is 31.1. The number of pyridine rings is 1. The maximum Gasteiger partial charge on any atom is 0.251 e. The van der Waals surface area contributed by atoms with Crippen LogP contribution in [0.15, 0.2) is 59.6 Å².